The Morgan fingerprint density at radius 3 is 1.72 bits per heavy atom. The highest BCUT2D eigenvalue weighted by Gasteiger charge is 2.40. The number of aliphatic carboxylic acids is 2. The summed E-state index contributed by atoms with van der Waals surface area (Å²) in [6, 6.07) is -12.7. The van der Waals surface area contributed by atoms with Gasteiger partial charge in [-0.2, -0.15) is 12.6 Å². The Labute approximate surface area is 381 Å². The number of aliphatic hydroxyl groups is 2. The molecule has 0 aromatic rings. The first-order valence-corrected chi connectivity index (χ1v) is 21.8. The zero-order valence-corrected chi connectivity index (χ0v) is 38.1. The van der Waals surface area contributed by atoms with Crippen molar-refractivity contribution in [3.63, 3.8) is 0 Å². The molecule has 368 valence electrons. The number of hydrogen-bond donors (Lipinski definition) is 14. The van der Waals surface area contributed by atoms with E-state index in [4.69, 9.17) is 11.5 Å². The van der Waals surface area contributed by atoms with Gasteiger partial charge in [-0.3, -0.25) is 47.9 Å². The van der Waals surface area contributed by atoms with Gasteiger partial charge >= 0.3 is 11.9 Å². The lowest BCUT2D eigenvalue weighted by atomic mass is 9.99. The van der Waals surface area contributed by atoms with E-state index in [1.807, 2.05) is 0 Å². The van der Waals surface area contributed by atoms with Crippen LogP contribution in [0.15, 0.2) is 0 Å². The quantitative estimate of drug-likeness (QED) is 0.0312. The predicted molar refractivity (Wildman–Crippen MR) is 232 cm³/mol. The third-order valence-electron chi connectivity index (χ3n) is 10.4. The molecule has 0 spiro atoms. The van der Waals surface area contributed by atoms with E-state index in [1.165, 1.54) is 6.92 Å². The lowest BCUT2D eigenvalue weighted by Crippen LogP contribution is -2.61. The summed E-state index contributed by atoms with van der Waals surface area (Å²) in [7, 11) is 0. The molecule has 0 bridgehead atoms. The third-order valence-corrected chi connectivity index (χ3v) is 10.8. The number of hydrogen-bond acceptors (Lipinski definition) is 15. The lowest BCUT2D eigenvalue weighted by molar-refractivity contribution is -0.144. The first-order valence-electron chi connectivity index (χ1n) is 21.2. The van der Waals surface area contributed by atoms with Crippen molar-refractivity contribution in [2.24, 2.45) is 23.3 Å². The smallest absolute Gasteiger partial charge is 0.326 e. The molecule has 0 aromatic carbocycles. The van der Waals surface area contributed by atoms with Crippen LogP contribution in [0.25, 0.3) is 0 Å². The molecule has 9 amide bonds. The third kappa shape index (κ3) is 19.2. The summed E-state index contributed by atoms with van der Waals surface area (Å²) in [6.07, 6.45) is -1.20. The minimum absolute atomic E-state index is 0.000728. The van der Waals surface area contributed by atoms with Crippen LogP contribution in [-0.2, 0) is 52.7 Å². The van der Waals surface area contributed by atoms with Crippen LogP contribution in [0.5, 0.6) is 0 Å². The number of carbonyl (C=O) groups is 11. The summed E-state index contributed by atoms with van der Waals surface area (Å²) >= 11 is 4.06. The van der Waals surface area contributed by atoms with Crippen LogP contribution in [0.3, 0.4) is 0 Å². The van der Waals surface area contributed by atoms with Crippen molar-refractivity contribution in [2.75, 3.05) is 25.5 Å². The van der Waals surface area contributed by atoms with Gasteiger partial charge < -0.3 is 74.0 Å². The molecule has 0 aliphatic carbocycles. The van der Waals surface area contributed by atoms with Crippen LogP contribution in [-0.4, -0.2) is 170 Å². The maximum atomic E-state index is 14.0. The highest BCUT2D eigenvalue weighted by Crippen LogP contribution is 2.20. The average molecular weight is 947 g/mol. The maximum absolute atomic E-state index is 14.0. The molecule has 15 N–H and O–H groups in total. The molecule has 0 radical (unpaired) electrons. The Bertz CT molecular complexity index is 1720. The molecular weight excluding hydrogens is 881 g/mol. The molecule has 10 atom stereocenters. The van der Waals surface area contributed by atoms with Gasteiger partial charge in [0.15, 0.2) is 0 Å². The van der Waals surface area contributed by atoms with Crippen molar-refractivity contribution >= 4 is 77.7 Å². The minimum atomic E-state index is -1.84. The van der Waals surface area contributed by atoms with E-state index in [0.717, 1.165) is 4.90 Å². The Kier molecular flexibility index (Phi) is 25.0. The molecule has 1 heterocycles. The van der Waals surface area contributed by atoms with E-state index in [2.05, 4.69) is 49.8 Å². The number of thiol groups is 1. The number of nitrogens with zero attached hydrogens (tertiary/aromatic N) is 1. The second kappa shape index (κ2) is 28.3. The second-order valence-electron chi connectivity index (χ2n) is 16.2. The normalized spacial score (nSPS) is 17.6. The van der Waals surface area contributed by atoms with Crippen molar-refractivity contribution in [2.45, 2.75) is 140 Å². The topological polar surface area (TPSA) is 408 Å². The summed E-state index contributed by atoms with van der Waals surface area (Å²) in [5.41, 5.74) is 10.8. The summed E-state index contributed by atoms with van der Waals surface area (Å²) < 4.78 is 0. The highest BCUT2D eigenvalue weighted by atomic mass is 32.1. The number of primary amides is 1. The van der Waals surface area contributed by atoms with Gasteiger partial charge in [0.05, 0.1) is 13.2 Å². The van der Waals surface area contributed by atoms with Gasteiger partial charge in [-0.1, -0.05) is 34.1 Å². The van der Waals surface area contributed by atoms with Gasteiger partial charge in [0.25, 0.3) is 0 Å². The number of aliphatic hydroxyl groups excluding tert-OH is 2. The fourth-order valence-electron chi connectivity index (χ4n) is 6.46. The second-order valence-corrected chi connectivity index (χ2v) is 16.5. The number of rotatable bonds is 29. The van der Waals surface area contributed by atoms with E-state index in [0.29, 0.717) is 12.8 Å². The summed E-state index contributed by atoms with van der Waals surface area (Å²) in [6.45, 7) is 6.31. The van der Waals surface area contributed by atoms with Gasteiger partial charge in [0, 0.05) is 25.1 Å². The van der Waals surface area contributed by atoms with Gasteiger partial charge in [-0.25, -0.2) is 4.79 Å². The first kappa shape index (κ1) is 57.4. The molecule has 1 fully saturated rings. The largest absolute Gasteiger partial charge is 0.481 e. The van der Waals surface area contributed by atoms with Crippen molar-refractivity contribution in [3.8, 4) is 0 Å². The fraction of sp³-hybridized carbons (Fsp3) is 0.718. The van der Waals surface area contributed by atoms with Crippen molar-refractivity contribution in [1.82, 2.24) is 42.1 Å². The molecule has 1 aliphatic heterocycles. The average Bonchev–Trinajstić information content (AvgIpc) is 3.75. The first-order chi connectivity index (χ1) is 30.4. The summed E-state index contributed by atoms with van der Waals surface area (Å²) in [5, 5.41) is 54.9. The van der Waals surface area contributed by atoms with Crippen LogP contribution >= 0.6 is 12.6 Å². The molecule has 25 nitrogen and oxygen atoms in total. The van der Waals surface area contributed by atoms with Crippen molar-refractivity contribution in [3.05, 3.63) is 0 Å². The monoisotopic (exact) mass is 946 g/mol. The van der Waals surface area contributed by atoms with Crippen LogP contribution in [0.2, 0.25) is 0 Å². The minimum Gasteiger partial charge on any atom is -0.481 e. The molecule has 0 saturated carbocycles. The molecule has 1 saturated heterocycles. The molecular formula is C39H66N10O15S. The highest BCUT2D eigenvalue weighted by molar-refractivity contribution is 7.80. The number of nitrogens with one attached hydrogen (secondary N) is 7. The van der Waals surface area contributed by atoms with E-state index in [9.17, 15) is 73.2 Å². The summed E-state index contributed by atoms with van der Waals surface area (Å²) in [4.78, 5) is 142. The van der Waals surface area contributed by atoms with Gasteiger partial charge in [0.2, 0.25) is 53.2 Å². The molecule has 1 rings (SSSR count). The number of likely N-dealkylation sites (tertiary alicyclic amines) is 1. The molecule has 26 heteroatoms. The standard InChI is InChI=1S/C39H66N10O15S/c1-6-19(4)30(39(63)64)48-31(55)20(5)42-37(61)27-8-7-13-49(27)38(62)23(9-11-28(41)52)44-35(59)25(16-51)46-33(57)22(10-12-29(53)54)43-34(58)24(14-18(2)3)45-36(60)26(17-65)47-32(56)21(40)15-50/h18-27,30,50-51,65H,6-17,40H2,1-5H3,(H2,41,52)(H,42,61)(H,43,58)(H,44,59)(H,45,60)(H,46,57)(H,47,56)(H,48,55)(H,53,54)(H,63,64)/t19-,20-,21-,22-,23-,24-,25-,26-,27-,30-/m0/s1. The van der Waals surface area contributed by atoms with E-state index < -0.39 is 164 Å². The van der Waals surface area contributed by atoms with Crippen LogP contribution in [0, 0.1) is 11.8 Å². The predicted octanol–water partition coefficient (Wildman–Crippen LogP) is -5.06. The van der Waals surface area contributed by atoms with Gasteiger partial charge in [0.1, 0.15) is 54.4 Å². The van der Waals surface area contributed by atoms with Crippen molar-refractivity contribution < 1.29 is 73.2 Å². The Morgan fingerprint density at radius 1 is 0.677 bits per heavy atom. The van der Waals surface area contributed by atoms with E-state index in [1.54, 1.807) is 27.7 Å². The molecule has 65 heavy (non-hydrogen) atoms. The summed E-state index contributed by atoms with van der Waals surface area (Å²) in [5.74, 6) is -11.9. The number of carboxylic acid groups (broad SMARTS) is 2. The Morgan fingerprint density at radius 2 is 1.20 bits per heavy atom. The number of carboxylic acids is 2. The molecule has 0 aromatic heterocycles. The SMILES string of the molecule is CC[C@H](C)[C@H](NC(=O)[C@H](C)NC(=O)[C@@H]1CCCN1C(=O)[C@H](CCC(N)=O)NC(=O)[C@H](CO)NC(=O)[C@H](CCC(=O)O)NC(=O)[C@H](CC(C)C)NC(=O)[C@H](CS)NC(=O)[C@@H](N)CO)C(=O)O. The lowest BCUT2D eigenvalue weighted by Gasteiger charge is -2.30. The van der Waals surface area contributed by atoms with E-state index in [-0.39, 0.29) is 31.1 Å². The van der Waals surface area contributed by atoms with Crippen LogP contribution < -0.4 is 48.7 Å². The Balaban J connectivity index is 3.27. The molecule has 0 unspecified atom stereocenters. The van der Waals surface area contributed by atoms with Crippen LogP contribution in [0.4, 0.5) is 0 Å². The van der Waals surface area contributed by atoms with Crippen molar-refractivity contribution in [1.29, 1.82) is 0 Å². The number of nitrogens with two attached hydrogens (primary N) is 2. The maximum Gasteiger partial charge on any atom is 0.326 e. The Hall–Kier alpha value is -5.60. The van der Waals surface area contributed by atoms with E-state index >= 15 is 0 Å². The number of amides is 9. The zero-order valence-electron chi connectivity index (χ0n) is 37.2. The van der Waals surface area contributed by atoms with Gasteiger partial charge in [-0.15, -0.1) is 0 Å². The fourth-order valence-corrected chi connectivity index (χ4v) is 6.72. The number of carbonyl (C=O) groups excluding carboxylic acids is 9. The van der Waals surface area contributed by atoms with Gasteiger partial charge in [-0.05, 0) is 50.9 Å². The zero-order chi connectivity index (χ0) is 49.7. The molecule has 1 aliphatic rings. The van der Waals surface area contributed by atoms with Crippen LogP contribution in [0.1, 0.15) is 86.0 Å².